The number of hydrogen-bond donors (Lipinski definition) is 1. The summed E-state index contributed by atoms with van der Waals surface area (Å²) in [6.45, 7) is 4.61. The molecule has 1 atom stereocenters. The minimum atomic E-state index is -0.410. The Morgan fingerprint density at radius 2 is 2.22 bits per heavy atom. The van der Waals surface area contributed by atoms with Crippen LogP contribution in [-0.2, 0) is 16.1 Å². The Bertz CT molecular complexity index is 466. The zero-order valence-corrected chi connectivity index (χ0v) is 10.9. The van der Waals surface area contributed by atoms with Gasteiger partial charge < -0.3 is 0 Å². The number of hydrogen-bond acceptors (Lipinski definition) is 4. The predicted molar refractivity (Wildman–Crippen MR) is 65.6 cm³/mol. The van der Waals surface area contributed by atoms with E-state index in [-0.39, 0.29) is 18.2 Å². The molecule has 0 aromatic carbocycles. The smallest absolute Gasteiger partial charge is 0.246 e. The molecule has 0 saturated carbocycles. The predicted octanol–water partition coefficient (Wildman–Crippen LogP) is 0.311. The Hall–Kier alpha value is -1.69. The van der Waals surface area contributed by atoms with Crippen molar-refractivity contribution in [3.05, 3.63) is 18.0 Å². The molecule has 2 heterocycles. The molecule has 18 heavy (non-hydrogen) atoms. The molecule has 1 saturated heterocycles. The molecule has 1 aromatic rings. The zero-order chi connectivity index (χ0) is 13.3. The van der Waals surface area contributed by atoms with Crippen LogP contribution in [0, 0.1) is 0 Å². The third-order valence-electron chi connectivity index (χ3n) is 3.10. The van der Waals surface area contributed by atoms with Crippen LogP contribution in [0.15, 0.2) is 12.3 Å². The minimum absolute atomic E-state index is 0.134. The fourth-order valence-corrected chi connectivity index (χ4v) is 1.90. The lowest BCUT2D eigenvalue weighted by Crippen LogP contribution is -2.36. The van der Waals surface area contributed by atoms with E-state index in [9.17, 15) is 9.59 Å². The van der Waals surface area contributed by atoms with E-state index in [2.05, 4.69) is 24.3 Å². The summed E-state index contributed by atoms with van der Waals surface area (Å²) < 4.78 is 1.87. The van der Waals surface area contributed by atoms with Crippen LogP contribution in [0.1, 0.15) is 32.0 Å². The Morgan fingerprint density at radius 3 is 2.72 bits per heavy atom. The molecule has 1 aliphatic rings. The highest BCUT2D eigenvalue weighted by atomic mass is 16.2. The number of amides is 2. The van der Waals surface area contributed by atoms with Crippen LogP contribution in [-0.4, -0.2) is 39.6 Å². The maximum Gasteiger partial charge on any atom is 0.246 e. The van der Waals surface area contributed by atoms with Crippen molar-refractivity contribution in [3.63, 3.8) is 0 Å². The first kappa shape index (κ1) is 12.8. The third-order valence-corrected chi connectivity index (χ3v) is 3.10. The first-order chi connectivity index (χ1) is 8.49. The molecule has 98 valence electrons. The van der Waals surface area contributed by atoms with Gasteiger partial charge in [0.25, 0.3) is 0 Å². The zero-order valence-electron chi connectivity index (χ0n) is 10.9. The standard InChI is InChI=1S/C12H18N4O2/c1-8(2)16-5-4-9(14-16)7-13-10-6-11(17)15(3)12(10)18/h4-5,8,10,13H,6-7H2,1-3H3. The van der Waals surface area contributed by atoms with Crippen molar-refractivity contribution in [2.75, 3.05) is 7.05 Å². The summed E-state index contributed by atoms with van der Waals surface area (Å²) in [6, 6.07) is 1.82. The quantitative estimate of drug-likeness (QED) is 0.781. The Kier molecular flexibility index (Phi) is 3.47. The van der Waals surface area contributed by atoms with E-state index in [4.69, 9.17) is 0 Å². The van der Waals surface area contributed by atoms with Gasteiger partial charge in [0, 0.05) is 25.8 Å². The summed E-state index contributed by atoms with van der Waals surface area (Å²) in [7, 11) is 1.51. The van der Waals surface area contributed by atoms with Crippen LogP contribution < -0.4 is 5.32 Å². The van der Waals surface area contributed by atoms with E-state index in [0.29, 0.717) is 12.6 Å². The molecule has 1 aliphatic heterocycles. The second-order valence-electron chi connectivity index (χ2n) is 4.81. The van der Waals surface area contributed by atoms with Gasteiger partial charge in [0.2, 0.25) is 11.8 Å². The highest BCUT2D eigenvalue weighted by Gasteiger charge is 2.35. The van der Waals surface area contributed by atoms with E-state index in [1.54, 1.807) is 0 Å². The highest BCUT2D eigenvalue weighted by Crippen LogP contribution is 2.11. The van der Waals surface area contributed by atoms with Crippen molar-refractivity contribution in [2.45, 2.75) is 38.9 Å². The molecule has 6 heteroatoms. The number of carbonyl (C=O) groups is 2. The van der Waals surface area contributed by atoms with Crippen molar-refractivity contribution in [2.24, 2.45) is 0 Å². The van der Waals surface area contributed by atoms with E-state index in [0.717, 1.165) is 5.69 Å². The second-order valence-corrected chi connectivity index (χ2v) is 4.81. The van der Waals surface area contributed by atoms with E-state index < -0.39 is 6.04 Å². The number of likely N-dealkylation sites (tertiary alicyclic amines) is 1. The fraction of sp³-hybridized carbons (Fsp3) is 0.583. The van der Waals surface area contributed by atoms with Crippen molar-refractivity contribution in [1.82, 2.24) is 20.0 Å². The molecule has 0 spiro atoms. The Morgan fingerprint density at radius 1 is 1.50 bits per heavy atom. The molecular formula is C12H18N4O2. The monoisotopic (exact) mass is 250 g/mol. The molecule has 0 bridgehead atoms. The largest absolute Gasteiger partial charge is 0.300 e. The molecule has 1 N–H and O–H groups in total. The van der Waals surface area contributed by atoms with Gasteiger partial charge in [-0.05, 0) is 19.9 Å². The first-order valence-corrected chi connectivity index (χ1v) is 6.07. The molecular weight excluding hydrogens is 232 g/mol. The lowest BCUT2D eigenvalue weighted by Gasteiger charge is -2.09. The van der Waals surface area contributed by atoms with Gasteiger partial charge in [0.15, 0.2) is 0 Å². The van der Waals surface area contributed by atoms with Gasteiger partial charge in [-0.1, -0.05) is 0 Å². The second kappa shape index (κ2) is 4.89. The molecule has 1 aromatic heterocycles. The molecule has 6 nitrogen and oxygen atoms in total. The molecule has 2 amide bonds. The van der Waals surface area contributed by atoms with Gasteiger partial charge in [0.05, 0.1) is 18.2 Å². The van der Waals surface area contributed by atoms with Gasteiger partial charge >= 0.3 is 0 Å². The number of nitrogens with zero attached hydrogens (tertiary/aromatic N) is 3. The number of carbonyl (C=O) groups excluding carboxylic acids is 2. The van der Waals surface area contributed by atoms with Crippen molar-refractivity contribution in [1.29, 1.82) is 0 Å². The average molecular weight is 250 g/mol. The van der Waals surface area contributed by atoms with Gasteiger partial charge in [-0.15, -0.1) is 0 Å². The maximum atomic E-state index is 11.7. The van der Waals surface area contributed by atoms with E-state index in [1.807, 2.05) is 16.9 Å². The maximum absolute atomic E-state index is 11.7. The topological polar surface area (TPSA) is 67.2 Å². The summed E-state index contributed by atoms with van der Waals surface area (Å²) in [5, 5.41) is 7.45. The van der Waals surface area contributed by atoms with Crippen LogP contribution in [0.4, 0.5) is 0 Å². The van der Waals surface area contributed by atoms with Crippen molar-refractivity contribution >= 4 is 11.8 Å². The molecule has 1 fully saturated rings. The molecule has 0 radical (unpaired) electrons. The SMILES string of the molecule is CC(C)n1ccc(CNC2CC(=O)N(C)C2=O)n1. The molecule has 0 aliphatic carbocycles. The number of nitrogens with one attached hydrogen (secondary N) is 1. The van der Waals surface area contributed by atoms with Crippen molar-refractivity contribution < 1.29 is 9.59 Å². The van der Waals surface area contributed by atoms with Crippen LogP contribution in [0.25, 0.3) is 0 Å². The van der Waals surface area contributed by atoms with Crippen molar-refractivity contribution in [3.8, 4) is 0 Å². The summed E-state index contributed by atoms with van der Waals surface area (Å²) in [6.07, 6.45) is 2.15. The third kappa shape index (κ3) is 2.43. The number of aromatic nitrogens is 2. The van der Waals surface area contributed by atoms with E-state index >= 15 is 0 Å². The lowest BCUT2D eigenvalue weighted by molar-refractivity contribution is -0.137. The van der Waals surface area contributed by atoms with Crippen LogP contribution in [0.5, 0.6) is 0 Å². The number of imide groups is 1. The summed E-state index contributed by atoms with van der Waals surface area (Å²) in [5.74, 6) is -0.298. The van der Waals surface area contributed by atoms with Crippen LogP contribution >= 0.6 is 0 Å². The normalized spacial score (nSPS) is 20.2. The average Bonchev–Trinajstić information content (AvgIpc) is 2.88. The lowest BCUT2D eigenvalue weighted by atomic mass is 10.2. The van der Waals surface area contributed by atoms with Gasteiger partial charge in [0.1, 0.15) is 0 Å². The Labute approximate surface area is 106 Å². The Balaban J connectivity index is 1.92. The van der Waals surface area contributed by atoms with Gasteiger partial charge in [-0.25, -0.2) is 0 Å². The molecule has 2 rings (SSSR count). The molecule has 1 unspecified atom stereocenters. The first-order valence-electron chi connectivity index (χ1n) is 6.07. The summed E-state index contributed by atoms with van der Waals surface area (Å²) in [4.78, 5) is 24.2. The number of likely N-dealkylation sites (N-methyl/N-ethyl adjacent to an activating group) is 1. The number of rotatable bonds is 4. The minimum Gasteiger partial charge on any atom is -0.300 e. The highest BCUT2D eigenvalue weighted by molar-refractivity contribution is 6.05. The van der Waals surface area contributed by atoms with Gasteiger partial charge in [-0.2, -0.15) is 5.10 Å². The summed E-state index contributed by atoms with van der Waals surface area (Å²) >= 11 is 0. The van der Waals surface area contributed by atoms with E-state index in [1.165, 1.54) is 11.9 Å². The van der Waals surface area contributed by atoms with Crippen LogP contribution in [0.3, 0.4) is 0 Å². The van der Waals surface area contributed by atoms with Gasteiger partial charge in [-0.3, -0.25) is 24.5 Å². The summed E-state index contributed by atoms with van der Waals surface area (Å²) in [5.41, 5.74) is 0.874. The van der Waals surface area contributed by atoms with Crippen LogP contribution in [0.2, 0.25) is 0 Å². The fourth-order valence-electron chi connectivity index (χ4n) is 1.90.